The fraction of sp³-hybridized carbons (Fsp3) is 0.500. The molecule has 0 fully saturated rings. The van der Waals surface area contributed by atoms with Crippen LogP contribution in [0.4, 0.5) is 0 Å². The summed E-state index contributed by atoms with van der Waals surface area (Å²) in [5, 5.41) is 0. The third-order valence-corrected chi connectivity index (χ3v) is 3.48. The maximum absolute atomic E-state index is 10.1. The SMILES string of the molecule is [CH]C(C=O)CSSCC([CH])C=O. The van der Waals surface area contributed by atoms with Crippen LogP contribution in [0, 0.1) is 25.7 Å². The minimum absolute atomic E-state index is 0.421. The topological polar surface area (TPSA) is 34.1 Å². The molecule has 0 aromatic heterocycles. The van der Waals surface area contributed by atoms with Gasteiger partial charge in [0.1, 0.15) is 12.6 Å². The summed E-state index contributed by atoms with van der Waals surface area (Å²) < 4.78 is 0. The lowest BCUT2D eigenvalue weighted by atomic mass is 10.3. The smallest absolute Gasteiger partial charge is 0.124 e. The highest BCUT2D eigenvalue weighted by molar-refractivity contribution is 8.76. The lowest BCUT2D eigenvalue weighted by Crippen LogP contribution is -2.00. The van der Waals surface area contributed by atoms with Crippen LogP contribution in [0.1, 0.15) is 0 Å². The molecule has 0 aliphatic heterocycles. The largest absolute Gasteiger partial charge is 0.303 e. The maximum atomic E-state index is 10.1. The summed E-state index contributed by atoms with van der Waals surface area (Å²) in [6, 6.07) is 0. The van der Waals surface area contributed by atoms with Gasteiger partial charge in [0.2, 0.25) is 0 Å². The second-order valence-corrected chi connectivity index (χ2v) is 4.72. The lowest BCUT2D eigenvalue weighted by Gasteiger charge is -2.03. The highest BCUT2D eigenvalue weighted by Crippen LogP contribution is 2.24. The Balaban J connectivity index is 3.20. The van der Waals surface area contributed by atoms with Crippen molar-refractivity contribution in [3.63, 3.8) is 0 Å². The molecule has 0 aromatic carbocycles. The van der Waals surface area contributed by atoms with Gasteiger partial charge >= 0.3 is 0 Å². The molecular weight excluding hydrogens is 192 g/mol. The predicted molar refractivity (Wildman–Crippen MR) is 52.6 cm³/mol. The summed E-state index contributed by atoms with van der Waals surface area (Å²) in [5.74, 6) is 0.268. The second kappa shape index (κ2) is 7.68. The van der Waals surface area contributed by atoms with Gasteiger partial charge in [-0.3, -0.25) is 0 Å². The van der Waals surface area contributed by atoms with Gasteiger partial charge in [0.05, 0.1) is 0 Å². The first-order valence-corrected chi connectivity index (χ1v) is 5.85. The minimum Gasteiger partial charge on any atom is -0.303 e. The first-order chi connectivity index (χ1) is 5.70. The summed E-state index contributed by atoms with van der Waals surface area (Å²) in [5.41, 5.74) is 0. The van der Waals surface area contributed by atoms with Gasteiger partial charge in [-0.25, -0.2) is 0 Å². The van der Waals surface area contributed by atoms with Crippen LogP contribution < -0.4 is 0 Å². The Morgan fingerprint density at radius 2 is 1.33 bits per heavy atom. The molecule has 0 saturated carbocycles. The van der Waals surface area contributed by atoms with Crippen LogP contribution in [-0.4, -0.2) is 24.1 Å². The van der Waals surface area contributed by atoms with Gasteiger partial charge in [-0.2, -0.15) is 0 Å². The summed E-state index contributed by atoms with van der Waals surface area (Å²) in [6.45, 7) is 10.6. The first-order valence-electron chi connectivity index (χ1n) is 3.37. The summed E-state index contributed by atoms with van der Waals surface area (Å²) >= 11 is 0. The monoisotopic (exact) mass is 202 g/mol. The highest BCUT2D eigenvalue weighted by atomic mass is 33.1. The van der Waals surface area contributed by atoms with Crippen molar-refractivity contribution < 1.29 is 9.59 Å². The molecule has 0 rings (SSSR count). The van der Waals surface area contributed by atoms with Crippen molar-refractivity contribution in [1.82, 2.24) is 0 Å². The van der Waals surface area contributed by atoms with Gasteiger partial charge in [0.15, 0.2) is 0 Å². The minimum atomic E-state index is -0.421. The van der Waals surface area contributed by atoms with Gasteiger partial charge in [0.25, 0.3) is 0 Å². The number of aldehydes is 2. The van der Waals surface area contributed by atoms with Crippen molar-refractivity contribution in [2.75, 3.05) is 11.5 Å². The van der Waals surface area contributed by atoms with Crippen LogP contribution in [0.5, 0.6) is 0 Å². The van der Waals surface area contributed by atoms with Crippen LogP contribution in [-0.2, 0) is 9.59 Å². The molecule has 0 bridgehead atoms. The zero-order chi connectivity index (χ0) is 9.40. The second-order valence-electron chi connectivity index (χ2n) is 2.17. The third kappa shape index (κ3) is 6.73. The van der Waals surface area contributed by atoms with Crippen molar-refractivity contribution in [3.8, 4) is 0 Å². The van der Waals surface area contributed by atoms with E-state index in [0.717, 1.165) is 0 Å². The number of hydrogen-bond donors (Lipinski definition) is 0. The standard InChI is InChI=1S/C8H10O2S2/c1-7(3-9)5-11-12-6-8(2)4-10/h1-4,7-8H,5-6H2. The normalized spacial score (nSPS) is 15.2. The van der Waals surface area contributed by atoms with E-state index >= 15 is 0 Å². The molecule has 0 aliphatic carbocycles. The Morgan fingerprint density at radius 3 is 1.58 bits per heavy atom. The van der Waals surface area contributed by atoms with Crippen molar-refractivity contribution in [1.29, 1.82) is 0 Å². The molecule has 4 heteroatoms. The van der Waals surface area contributed by atoms with Gasteiger partial charge in [-0.1, -0.05) is 21.6 Å². The number of rotatable bonds is 7. The average Bonchev–Trinajstić information content (AvgIpc) is 2.11. The van der Waals surface area contributed by atoms with E-state index in [1.807, 2.05) is 0 Å². The van der Waals surface area contributed by atoms with E-state index in [1.54, 1.807) is 0 Å². The van der Waals surface area contributed by atoms with Crippen LogP contribution >= 0.6 is 21.6 Å². The molecule has 0 aromatic rings. The molecule has 4 radical (unpaired) electrons. The third-order valence-electron chi connectivity index (χ3n) is 0.954. The molecule has 0 N–H and O–H groups in total. The molecular formula is C8H10O2S2. The van der Waals surface area contributed by atoms with E-state index in [0.29, 0.717) is 24.1 Å². The fourth-order valence-electron chi connectivity index (χ4n) is 0.332. The quantitative estimate of drug-likeness (QED) is 0.355. The fourth-order valence-corrected chi connectivity index (χ4v) is 2.52. The Morgan fingerprint density at radius 1 is 1.00 bits per heavy atom. The Bertz CT molecular complexity index is 123. The molecule has 0 saturated heterocycles. The molecule has 0 spiro atoms. The van der Waals surface area contributed by atoms with Gasteiger partial charge in [0, 0.05) is 23.3 Å². The average molecular weight is 202 g/mol. The van der Waals surface area contributed by atoms with Crippen LogP contribution in [0.2, 0.25) is 0 Å². The van der Waals surface area contributed by atoms with Crippen molar-refractivity contribution in [2.24, 2.45) is 11.8 Å². The number of carbonyl (C=O) groups excluding carboxylic acids is 2. The molecule has 12 heavy (non-hydrogen) atoms. The Kier molecular flexibility index (Phi) is 7.70. The molecule has 66 valence electrons. The molecule has 0 amide bonds. The molecule has 2 unspecified atom stereocenters. The van der Waals surface area contributed by atoms with E-state index in [9.17, 15) is 9.59 Å². The zero-order valence-corrected chi connectivity index (χ0v) is 8.14. The van der Waals surface area contributed by atoms with E-state index in [4.69, 9.17) is 13.8 Å². The van der Waals surface area contributed by atoms with Gasteiger partial charge < -0.3 is 9.59 Å². The number of carbonyl (C=O) groups is 2. The molecule has 2 nitrogen and oxygen atoms in total. The van der Waals surface area contributed by atoms with E-state index in [2.05, 4.69) is 0 Å². The maximum Gasteiger partial charge on any atom is 0.124 e. The predicted octanol–water partition coefficient (Wildman–Crippen LogP) is 1.42. The van der Waals surface area contributed by atoms with Gasteiger partial charge in [-0.05, 0) is 13.8 Å². The lowest BCUT2D eigenvalue weighted by molar-refractivity contribution is -0.110. The van der Waals surface area contributed by atoms with Crippen LogP contribution in [0.15, 0.2) is 0 Å². The van der Waals surface area contributed by atoms with Crippen molar-refractivity contribution >= 4 is 34.2 Å². The summed E-state index contributed by atoms with van der Waals surface area (Å²) in [4.78, 5) is 20.1. The van der Waals surface area contributed by atoms with E-state index in [1.165, 1.54) is 21.6 Å². The van der Waals surface area contributed by atoms with Crippen LogP contribution in [0.3, 0.4) is 0 Å². The van der Waals surface area contributed by atoms with Gasteiger partial charge in [-0.15, -0.1) is 0 Å². The molecule has 2 atom stereocenters. The van der Waals surface area contributed by atoms with Crippen LogP contribution in [0.25, 0.3) is 0 Å². The zero-order valence-electron chi connectivity index (χ0n) is 6.51. The van der Waals surface area contributed by atoms with E-state index in [-0.39, 0.29) is 0 Å². The summed E-state index contributed by atoms with van der Waals surface area (Å²) in [6.07, 6.45) is 1.40. The summed E-state index contributed by atoms with van der Waals surface area (Å²) in [7, 11) is 2.90. The van der Waals surface area contributed by atoms with Crippen molar-refractivity contribution in [2.45, 2.75) is 0 Å². The van der Waals surface area contributed by atoms with E-state index < -0.39 is 11.8 Å². The highest BCUT2D eigenvalue weighted by Gasteiger charge is 2.03. The Hall–Kier alpha value is 0.0400. The number of hydrogen-bond acceptors (Lipinski definition) is 4. The Labute approximate surface area is 81.3 Å². The first kappa shape index (κ1) is 12.0. The molecule has 0 heterocycles. The molecule has 0 aliphatic rings. The van der Waals surface area contributed by atoms with Crippen molar-refractivity contribution in [3.05, 3.63) is 13.8 Å².